The Morgan fingerprint density at radius 3 is 2.64 bits per heavy atom. The molecule has 0 fully saturated rings. The number of aliphatic hydroxyl groups excluding tert-OH is 1. The van der Waals surface area contributed by atoms with Crippen LogP contribution < -0.4 is 5.73 Å². The maximum atomic E-state index is 8.51. The molecule has 0 aromatic heterocycles. The third kappa shape index (κ3) is 5.53. The van der Waals surface area contributed by atoms with E-state index in [0.717, 1.165) is 17.9 Å². The van der Waals surface area contributed by atoms with Gasteiger partial charge in [-0.3, -0.25) is 0 Å². The van der Waals surface area contributed by atoms with Gasteiger partial charge in [0.25, 0.3) is 0 Å². The molecule has 0 bridgehead atoms. The smallest absolute Gasteiger partial charge is 0.0521 e. The minimum absolute atomic E-state index is 0.262. The predicted octanol–water partition coefficient (Wildman–Crippen LogP) is 1.09. The van der Waals surface area contributed by atoms with Gasteiger partial charge in [0.15, 0.2) is 0 Å². The molecule has 0 amide bonds. The standard InChI is InChI=1S/C8H19NOS/c1-3-7(2)8(9)6-11-5-4-10/h7-8,10H,3-6,9H2,1-2H3. The largest absolute Gasteiger partial charge is 0.396 e. The molecular formula is C8H19NOS. The number of hydrogen-bond acceptors (Lipinski definition) is 3. The highest BCUT2D eigenvalue weighted by molar-refractivity contribution is 7.99. The summed E-state index contributed by atoms with van der Waals surface area (Å²) in [6, 6.07) is 0.288. The van der Waals surface area contributed by atoms with Crippen molar-refractivity contribution in [2.45, 2.75) is 26.3 Å². The summed E-state index contributed by atoms with van der Waals surface area (Å²) in [6.07, 6.45) is 1.14. The first kappa shape index (κ1) is 11.3. The maximum absolute atomic E-state index is 8.51. The van der Waals surface area contributed by atoms with Crippen LogP contribution in [0.15, 0.2) is 0 Å². The molecule has 0 rings (SSSR count). The van der Waals surface area contributed by atoms with Crippen LogP contribution in [0.1, 0.15) is 20.3 Å². The summed E-state index contributed by atoms with van der Waals surface area (Å²) in [5.74, 6) is 2.38. The third-order valence-electron chi connectivity index (χ3n) is 1.92. The fourth-order valence-electron chi connectivity index (χ4n) is 0.751. The van der Waals surface area contributed by atoms with Crippen LogP contribution in [0.4, 0.5) is 0 Å². The molecular weight excluding hydrogens is 158 g/mol. The predicted molar refractivity (Wildman–Crippen MR) is 51.8 cm³/mol. The summed E-state index contributed by atoms with van der Waals surface area (Å²) in [5, 5.41) is 8.51. The van der Waals surface area contributed by atoms with Gasteiger partial charge in [0.2, 0.25) is 0 Å². The van der Waals surface area contributed by atoms with E-state index in [2.05, 4.69) is 13.8 Å². The van der Waals surface area contributed by atoms with Gasteiger partial charge in [-0.2, -0.15) is 11.8 Å². The second kappa shape index (κ2) is 6.95. The van der Waals surface area contributed by atoms with Gasteiger partial charge in [-0.25, -0.2) is 0 Å². The fraction of sp³-hybridized carbons (Fsp3) is 1.00. The Morgan fingerprint density at radius 2 is 2.18 bits per heavy atom. The van der Waals surface area contributed by atoms with Gasteiger partial charge in [-0.1, -0.05) is 20.3 Å². The topological polar surface area (TPSA) is 46.2 Å². The van der Waals surface area contributed by atoms with E-state index < -0.39 is 0 Å². The van der Waals surface area contributed by atoms with Gasteiger partial charge in [0.1, 0.15) is 0 Å². The maximum Gasteiger partial charge on any atom is 0.0521 e. The van der Waals surface area contributed by atoms with Gasteiger partial charge in [0.05, 0.1) is 6.61 Å². The lowest BCUT2D eigenvalue weighted by Crippen LogP contribution is -2.30. The summed E-state index contributed by atoms with van der Waals surface area (Å²) >= 11 is 1.73. The Labute approximate surface area is 73.6 Å². The van der Waals surface area contributed by atoms with Crippen molar-refractivity contribution in [2.75, 3.05) is 18.1 Å². The highest BCUT2D eigenvalue weighted by atomic mass is 32.2. The molecule has 0 aliphatic carbocycles. The zero-order chi connectivity index (χ0) is 8.69. The van der Waals surface area contributed by atoms with Crippen molar-refractivity contribution < 1.29 is 5.11 Å². The van der Waals surface area contributed by atoms with Crippen LogP contribution in [-0.4, -0.2) is 29.3 Å². The van der Waals surface area contributed by atoms with Crippen LogP contribution in [-0.2, 0) is 0 Å². The molecule has 68 valence electrons. The summed E-state index contributed by atoms with van der Waals surface area (Å²) in [6.45, 7) is 4.59. The van der Waals surface area contributed by atoms with Gasteiger partial charge >= 0.3 is 0 Å². The molecule has 2 nitrogen and oxygen atoms in total. The molecule has 0 saturated carbocycles. The van der Waals surface area contributed by atoms with E-state index in [1.54, 1.807) is 11.8 Å². The molecule has 0 aromatic rings. The Morgan fingerprint density at radius 1 is 1.55 bits per heavy atom. The normalized spacial score (nSPS) is 16.4. The van der Waals surface area contributed by atoms with Crippen LogP contribution in [0.2, 0.25) is 0 Å². The molecule has 3 N–H and O–H groups in total. The SMILES string of the molecule is CCC(C)C(N)CSCCO. The molecule has 0 heterocycles. The van der Waals surface area contributed by atoms with Gasteiger partial charge in [-0.05, 0) is 5.92 Å². The minimum Gasteiger partial charge on any atom is -0.396 e. The summed E-state index contributed by atoms with van der Waals surface area (Å²) in [5.41, 5.74) is 5.87. The molecule has 2 unspecified atom stereocenters. The van der Waals surface area contributed by atoms with E-state index in [1.165, 1.54) is 0 Å². The second-order valence-corrected chi connectivity index (χ2v) is 4.00. The van der Waals surface area contributed by atoms with Crippen LogP contribution in [0.5, 0.6) is 0 Å². The van der Waals surface area contributed by atoms with E-state index >= 15 is 0 Å². The van der Waals surface area contributed by atoms with Crippen molar-refractivity contribution in [1.82, 2.24) is 0 Å². The molecule has 3 heteroatoms. The minimum atomic E-state index is 0.262. The van der Waals surface area contributed by atoms with Crippen molar-refractivity contribution in [3.63, 3.8) is 0 Å². The first-order valence-electron chi connectivity index (χ1n) is 4.16. The molecule has 0 aliphatic rings. The highest BCUT2D eigenvalue weighted by Gasteiger charge is 2.09. The average molecular weight is 177 g/mol. The average Bonchev–Trinajstić information content (AvgIpc) is 2.03. The molecule has 11 heavy (non-hydrogen) atoms. The van der Waals surface area contributed by atoms with Gasteiger partial charge in [-0.15, -0.1) is 0 Å². The summed E-state index contributed by atoms with van der Waals surface area (Å²) in [4.78, 5) is 0. The lowest BCUT2D eigenvalue weighted by Gasteiger charge is -2.17. The lowest BCUT2D eigenvalue weighted by molar-refractivity contribution is 0.322. The summed E-state index contributed by atoms with van der Waals surface area (Å²) in [7, 11) is 0. The zero-order valence-corrected chi connectivity index (χ0v) is 8.23. The van der Waals surface area contributed by atoms with Crippen molar-refractivity contribution in [3.05, 3.63) is 0 Å². The van der Waals surface area contributed by atoms with E-state index in [0.29, 0.717) is 5.92 Å². The number of thioether (sulfide) groups is 1. The molecule has 0 radical (unpaired) electrons. The van der Waals surface area contributed by atoms with Crippen molar-refractivity contribution in [1.29, 1.82) is 0 Å². The molecule has 0 aromatic carbocycles. The van der Waals surface area contributed by atoms with E-state index in [1.807, 2.05) is 0 Å². The number of rotatable bonds is 6. The molecule has 0 aliphatic heterocycles. The molecule has 2 atom stereocenters. The van der Waals surface area contributed by atoms with Crippen LogP contribution in [0.25, 0.3) is 0 Å². The first-order chi connectivity index (χ1) is 5.22. The Bertz CT molecular complexity index is 90.2. The van der Waals surface area contributed by atoms with Gasteiger partial charge < -0.3 is 10.8 Å². The van der Waals surface area contributed by atoms with Crippen LogP contribution >= 0.6 is 11.8 Å². The Kier molecular flexibility index (Phi) is 7.12. The Hall–Kier alpha value is 0.270. The van der Waals surface area contributed by atoms with E-state index in [-0.39, 0.29) is 12.6 Å². The monoisotopic (exact) mass is 177 g/mol. The quantitative estimate of drug-likeness (QED) is 0.597. The van der Waals surface area contributed by atoms with Crippen LogP contribution in [0, 0.1) is 5.92 Å². The second-order valence-electron chi connectivity index (χ2n) is 2.85. The van der Waals surface area contributed by atoms with Gasteiger partial charge in [0, 0.05) is 17.5 Å². The van der Waals surface area contributed by atoms with Crippen molar-refractivity contribution in [3.8, 4) is 0 Å². The molecule has 0 spiro atoms. The fourth-order valence-corrected chi connectivity index (χ4v) is 1.65. The number of nitrogens with two attached hydrogens (primary N) is 1. The zero-order valence-electron chi connectivity index (χ0n) is 7.42. The van der Waals surface area contributed by atoms with Crippen molar-refractivity contribution >= 4 is 11.8 Å². The van der Waals surface area contributed by atoms with E-state index in [9.17, 15) is 0 Å². The molecule has 0 saturated heterocycles. The third-order valence-corrected chi connectivity index (χ3v) is 3.01. The van der Waals surface area contributed by atoms with Crippen molar-refractivity contribution in [2.24, 2.45) is 11.7 Å². The lowest BCUT2D eigenvalue weighted by atomic mass is 10.0. The first-order valence-corrected chi connectivity index (χ1v) is 5.32. The van der Waals surface area contributed by atoms with Crippen LogP contribution in [0.3, 0.4) is 0 Å². The summed E-state index contributed by atoms with van der Waals surface area (Å²) < 4.78 is 0. The number of aliphatic hydroxyl groups is 1. The van der Waals surface area contributed by atoms with E-state index in [4.69, 9.17) is 10.8 Å². The number of hydrogen-bond donors (Lipinski definition) is 2. The Balaban J connectivity index is 3.28. The highest BCUT2D eigenvalue weighted by Crippen LogP contribution is 2.10.